The second-order valence-corrected chi connectivity index (χ2v) is 6.64. The van der Waals surface area contributed by atoms with E-state index in [1.807, 2.05) is 38.1 Å². The highest BCUT2D eigenvalue weighted by Gasteiger charge is 2.19. The molecule has 28 heavy (non-hydrogen) atoms. The van der Waals surface area contributed by atoms with E-state index in [4.69, 9.17) is 11.6 Å². The predicted molar refractivity (Wildman–Crippen MR) is 112 cm³/mol. The van der Waals surface area contributed by atoms with Gasteiger partial charge in [-0.1, -0.05) is 41.9 Å². The number of pyridine rings is 1. The van der Waals surface area contributed by atoms with E-state index in [1.165, 1.54) is 0 Å². The van der Waals surface area contributed by atoms with E-state index in [-0.39, 0.29) is 17.3 Å². The molecule has 2 aromatic carbocycles. The van der Waals surface area contributed by atoms with Crippen LogP contribution in [0.2, 0.25) is 5.02 Å². The molecule has 0 aliphatic heterocycles. The summed E-state index contributed by atoms with van der Waals surface area (Å²) >= 11 is 6.08. The molecule has 5 nitrogen and oxygen atoms in total. The Labute approximate surface area is 169 Å². The van der Waals surface area contributed by atoms with E-state index < -0.39 is 5.91 Å². The molecule has 0 bridgehead atoms. The Morgan fingerprint density at radius 3 is 2.43 bits per heavy atom. The number of halogens is 1. The van der Waals surface area contributed by atoms with Crippen LogP contribution in [0.4, 0.5) is 11.4 Å². The van der Waals surface area contributed by atoms with Gasteiger partial charge in [0.15, 0.2) is 0 Å². The first-order valence-corrected chi connectivity index (χ1v) is 9.29. The monoisotopic (exact) mass is 393 g/mol. The Kier molecular flexibility index (Phi) is 6.06. The molecule has 3 aromatic rings. The topological polar surface area (TPSA) is 62.3 Å². The lowest BCUT2D eigenvalue weighted by molar-refractivity contribution is 0.0983. The number of nitrogens with zero attached hydrogens (tertiary/aromatic N) is 2. The summed E-state index contributed by atoms with van der Waals surface area (Å²) in [6, 6.07) is 19.4. The van der Waals surface area contributed by atoms with Crippen LogP contribution in [-0.2, 0) is 0 Å². The molecule has 0 spiro atoms. The number of hydrogen-bond acceptors (Lipinski definition) is 3. The van der Waals surface area contributed by atoms with Crippen LogP contribution in [0.3, 0.4) is 0 Å². The van der Waals surface area contributed by atoms with Gasteiger partial charge in [0.05, 0.1) is 10.7 Å². The second-order valence-electron chi connectivity index (χ2n) is 6.23. The van der Waals surface area contributed by atoms with Crippen molar-refractivity contribution < 1.29 is 9.59 Å². The molecule has 1 N–H and O–H groups in total. The van der Waals surface area contributed by atoms with Gasteiger partial charge in [-0.3, -0.25) is 9.59 Å². The number of aryl methyl sites for hydroxylation is 1. The average Bonchev–Trinajstić information content (AvgIpc) is 2.70. The van der Waals surface area contributed by atoms with E-state index >= 15 is 0 Å². The summed E-state index contributed by atoms with van der Waals surface area (Å²) in [4.78, 5) is 31.4. The normalized spacial score (nSPS) is 10.4. The molecule has 2 amide bonds. The number of carbonyl (C=O) groups excluding carboxylic acids is 2. The quantitative estimate of drug-likeness (QED) is 0.666. The Hall–Kier alpha value is -3.18. The van der Waals surface area contributed by atoms with Gasteiger partial charge in [-0.15, -0.1) is 0 Å². The van der Waals surface area contributed by atoms with E-state index in [2.05, 4.69) is 10.3 Å². The first-order chi connectivity index (χ1) is 13.5. The van der Waals surface area contributed by atoms with Crippen LogP contribution in [0.25, 0.3) is 0 Å². The lowest BCUT2D eigenvalue weighted by Gasteiger charge is -2.21. The lowest BCUT2D eigenvalue weighted by Crippen LogP contribution is -2.31. The molecule has 0 aliphatic carbocycles. The zero-order chi connectivity index (χ0) is 20.1. The molecular weight excluding hydrogens is 374 g/mol. The van der Waals surface area contributed by atoms with Gasteiger partial charge in [-0.25, -0.2) is 4.98 Å². The van der Waals surface area contributed by atoms with Crippen molar-refractivity contribution in [3.63, 3.8) is 0 Å². The van der Waals surface area contributed by atoms with E-state index in [1.54, 1.807) is 47.4 Å². The SMILES string of the molecule is CCN(C(=O)c1cccc(C(=O)Nc2ccccc2Cl)n1)c1cccc(C)c1. The maximum Gasteiger partial charge on any atom is 0.276 e. The summed E-state index contributed by atoms with van der Waals surface area (Å²) in [6.07, 6.45) is 0. The Morgan fingerprint density at radius 2 is 1.71 bits per heavy atom. The number of rotatable bonds is 5. The molecule has 0 aliphatic rings. The minimum absolute atomic E-state index is 0.145. The molecule has 0 saturated carbocycles. The van der Waals surface area contributed by atoms with E-state index in [0.717, 1.165) is 11.3 Å². The maximum absolute atomic E-state index is 13.0. The van der Waals surface area contributed by atoms with Crippen LogP contribution in [0.5, 0.6) is 0 Å². The Bertz CT molecular complexity index is 1020. The number of nitrogens with one attached hydrogen (secondary N) is 1. The number of benzene rings is 2. The minimum Gasteiger partial charge on any atom is -0.319 e. The summed E-state index contributed by atoms with van der Waals surface area (Å²) in [5, 5.41) is 3.15. The zero-order valence-electron chi connectivity index (χ0n) is 15.6. The molecule has 0 unspecified atom stereocenters. The zero-order valence-corrected chi connectivity index (χ0v) is 16.4. The third-order valence-corrected chi connectivity index (χ3v) is 4.53. The van der Waals surface area contributed by atoms with Gasteiger partial charge < -0.3 is 10.2 Å². The lowest BCUT2D eigenvalue weighted by atomic mass is 10.2. The number of carbonyl (C=O) groups is 2. The highest BCUT2D eigenvalue weighted by atomic mass is 35.5. The summed E-state index contributed by atoms with van der Waals surface area (Å²) < 4.78 is 0. The highest BCUT2D eigenvalue weighted by molar-refractivity contribution is 6.33. The molecule has 6 heteroatoms. The first-order valence-electron chi connectivity index (χ1n) is 8.91. The molecule has 142 valence electrons. The minimum atomic E-state index is -0.429. The third kappa shape index (κ3) is 4.38. The van der Waals surface area contributed by atoms with Crippen molar-refractivity contribution in [1.29, 1.82) is 0 Å². The molecular formula is C22H20ClN3O2. The summed E-state index contributed by atoms with van der Waals surface area (Å²) in [6.45, 7) is 4.36. The van der Waals surface area contributed by atoms with Crippen molar-refractivity contribution in [2.45, 2.75) is 13.8 Å². The van der Waals surface area contributed by atoms with Crippen LogP contribution in [0, 0.1) is 6.92 Å². The van der Waals surface area contributed by atoms with Crippen LogP contribution in [-0.4, -0.2) is 23.3 Å². The van der Waals surface area contributed by atoms with Gasteiger partial charge in [0, 0.05) is 12.2 Å². The first kappa shape index (κ1) is 19.6. The predicted octanol–water partition coefficient (Wildman–Crippen LogP) is 4.96. The smallest absolute Gasteiger partial charge is 0.276 e. The van der Waals surface area contributed by atoms with Gasteiger partial charge in [0.25, 0.3) is 11.8 Å². The van der Waals surface area contributed by atoms with Crippen molar-refractivity contribution in [2.24, 2.45) is 0 Å². The molecule has 3 rings (SSSR count). The number of aromatic nitrogens is 1. The van der Waals surface area contributed by atoms with E-state index in [0.29, 0.717) is 17.3 Å². The fraction of sp³-hybridized carbons (Fsp3) is 0.136. The van der Waals surface area contributed by atoms with Crippen molar-refractivity contribution >= 4 is 34.8 Å². The largest absolute Gasteiger partial charge is 0.319 e. The van der Waals surface area contributed by atoms with Crippen molar-refractivity contribution in [1.82, 2.24) is 4.98 Å². The van der Waals surface area contributed by atoms with Gasteiger partial charge in [0.1, 0.15) is 11.4 Å². The molecule has 1 heterocycles. The van der Waals surface area contributed by atoms with Crippen molar-refractivity contribution in [2.75, 3.05) is 16.8 Å². The molecule has 0 saturated heterocycles. The molecule has 0 fully saturated rings. The number of anilines is 2. The molecule has 0 radical (unpaired) electrons. The van der Waals surface area contributed by atoms with Crippen LogP contribution in [0.15, 0.2) is 66.7 Å². The maximum atomic E-state index is 13.0. The number of para-hydroxylation sites is 1. The standard InChI is InChI=1S/C22H20ClN3O2/c1-3-26(16-9-6-8-15(2)14-16)22(28)20-13-7-12-19(24-20)21(27)25-18-11-5-4-10-17(18)23/h4-14H,3H2,1-2H3,(H,25,27). The Balaban J connectivity index is 1.84. The third-order valence-electron chi connectivity index (χ3n) is 4.20. The van der Waals surface area contributed by atoms with Crippen LogP contribution in [0.1, 0.15) is 33.5 Å². The average molecular weight is 394 g/mol. The summed E-state index contributed by atoms with van der Waals surface area (Å²) in [7, 11) is 0. The van der Waals surface area contributed by atoms with Crippen molar-refractivity contribution in [3.05, 3.63) is 88.7 Å². The molecule has 0 atom stereocenters. The summed E-state index contributed by atoms with van der Waals surface area (Å²) in [5.41, 5.74) is 2.69. The van der Waals surface area contributed by atoms with Gasteiger partial charge in [0.2, 0.25) is 0 Å². The van der Waals surface area contributed by atoms with Crippen LogP contribution < -0.4 is 10.2 Å². The fourth-order valence-corrected chi connectivity index (χ4v) is 2.99. The van der Waals surface area contributed by atoms with Crippen molar-refractivity contribution in [3.8, 4) is 0 Å². The van der Waals surface area contributed by atoms with Crippen LogP contribution >= 0.6 is 11.6 Å². The highest BCUT2D eigenvalue weighted by Crippen LogP contribution is 2.21. The Morgan fingerprint density at radius 1 is 1.00 bits per heavy atom. The number of amides is 2. The number of hydrogen-bond donors (Lipinski definition) is 1. The van der Waals surface area contributed by atoms with Gasteiger partial charge in [-0.2, -0.15) is 0 Å². The summed E-state index contributed by atoms with van der Waals surface area (Å²) in [5.74, 6) is -0.693. The van der Waals surface area contributed by atoms with Gasteiger partial charge >= 0.3 is 0 Å². The second kappa shape index (κ2) is 8.67. The fourth-order valence-electron chi connectivity index (χ4n) is 2.81. The van der Waals surface area contributed by atoms with Gasteiger partial charge in [-0.05, 0) is 55.8 Å². The van der Waals surface area contributed by atoms with E-state index in [9.17, 15) is 9.59 Å². The molecule has 1 aromatic heterocycles.